The molecule has 0 saturated carbocycles. The van der Waals surface area contributed by atoms with Crippen LogP contribution in [0.1, 0.15) is 11.7 Å². The molecular weight excluding hydrogens is 256 g/mol. The Kier molecular flexibility index (Phi) is 5.64. The highest BCUT2D eigenvalue weighted by Crippen LogP contribution is 2.29. The van der Waals surface area contributed by atoms with E-state index in [-0.39, 0.29) is 30.1 Å². The van der Waals surface area contributed by atoms with Gasteiger partial charge in [-0.1, -0.05) is 6.07 Å². The summed E-state index contributed by atoms with van der Waals surface area (Å²) in [6.07, 6.45) is -2.81. The molecule has 0 saturated heterocycles. The number of aliphatic hydroxyl groups excluding tert-OH is 4. The molecule has 2 unspecified atom stereocenters. The first-order valence-corrected chi connectivity index (χ1v) is 5.61. The van der Waals surface area contributed by atoms with Gasteiger partial charge in [0.05, 0.1) is 18.1 Å². The second-order valence-corrected chi connectivity index (χ2v) is 3.88. The molecule has 1 rings (SSSR count). The fourth-order valence-electron chi connectivity index (χ4n) is 1.55. The van der Waals surface area contributed by atoms with Gasteiger partial charge in [-0.15, -0.1) is 0 Å². The van der Waals surface area contributed by atoms with Crippen molar-refractivity contribution in [3.63, 3.8) is 0 Å². The summed E-state index contributed by atoms with van der Waals surface area (Å²) < 4.78 is 0. The molecule has 0 fully saturated rings. The van der Waals surface area contributed by atoms with E-state index in [2.05, 4.69) is 5.32 Å². The van der Waals surface area contributed by atoms with Crippen molar-refractivity contribution >= 4 is 11.4 Å². The topological polar surface area (TPSA) is 136 Å². The summed E-state index contributed by atoms with van der Waals surface area (Å²) in [5.41, 5.74) is 0.0476. The van der Waals surface area contributed by atoms with Crippen LogP contribution in [0, 0.1) is 10.1 Å². The van der Waals surface area contributed by atoms with Crippen LogP contribution in [0.3, 0.4) is 0 Å². The van der Waals surface area contributed by atoms with E-state index in [0.29, 0.717) is 0 Å². The van der Waals surface area contributed by atoms with E-state index in [1.807, 2.05) is 0 Å². The van der Waals surface area contributed by atoms with Gasteiger partial charge in [-0.25, -0.2) is 0 Å². The van der Waals surface area contributed by atoms with E-state index >= 15 is 0 Å². The quantitative estimate of drug-likeness (QED) is 0.330. The molecule has 8 heteroatoms. The van der Waals surface area contributed by atoms with Crippen LogP contribution in [0.15, 0.2) is 18.2 Å². The van der Waals surface area contributed by atoms with Gasteiger partial charge in [-0.2, -0.15) is 0 Å². The van der Waals surface area contributed by atoms with Gasteiger partial charge in [0.2, 0.25) is 0 Å². The number of hydrogen-bond donors (Lipinski definition) is 5. The molecule has 5 N–H and O–H groups in total. The van der Waals surface area contributed by atoms with E-state index in [1.54, 1.807) is 0 Å². The van der Waals surface area contributed by atoms with E-state index in [1.165, 1.54) is 12.1 Å². The number of rotatable bonds is 7. The van der Waals surface area contributed by atoms with E-state index in [9.17, 15) is 20.3 Å². The molecule has 0 spiro atoms. The lowest BCUT2D eigenvalue weighted by Gasteiger charge is -2.16. The predicted octanol–water partition coefficient (Wildman–Crippen LogP) is -0.614. The van der Waals surface area contributed by atoms with Gasteiger partial charge in [0.25, 0.3) is 5.69 Å². The zero-order chi connectivity index (χ0) is 14.4. The molecule has 0 heterocycles. The summed E-state index contributed by atoms with van der Waals surface area (Å²) in [4.78, 5) is 10.3. The highest BCUT2D eigenvalue weighted by molar-refractivity contribution is 5.62. The average molecular weight is 272 g/mol. The minimum Gasteiger partial charge on any atom is -0.395 e. The number of hydrogen-bond acceptors (Lipinski definition) is 7. The monoisotopic (exact) mass is 272 g/mol. The third kappa shape index (κ3) is 3.86. The molecule has 1 aromatic rings. The summed E-state index contributed by atoms with van der Waals surface area (Å²) in [6.45, 7) is -0.674. The Morgan fingerprint density at radius 3 is 2.53 bits per heavy atom. The van der Waals surface area contributed by atoms with Crippen LogP contribution in [0.4, 0.5) is 11.4 Å². The van der Waals surface area contributed by atoms with Crippen LogP contribution in [0.2, 0.25) is 0 Å². The molecule has 0 radical (unpaired) electrons. The summed E-state index contributed by atoms with van der Waals surface area (Å²) in [7, 11) is 0. The second kappa shape index (κ2) is 7.00. The molecule has 19 heavy (non-hydrogen) atoms. The van der Waals surface area contributed by atoms with Crippen molar-refractivity contribution in [3.05, 3.63) is 33.9 Å². The highest BCUT2D eigenvalue weighted by atomic mass is 16.6. The van der Waals surface area contributed by atoms with Crippen LogP contribution in [0.25, 0.3) is 0 Å². The van der Waals surface area contributed by atoms with Crippen LogP contribution >= 0.6 is 0 Å². The van der Waals surface area contributed by atoms with Gasteiger partial charge >= 0.3 is 0 Å². The SMILES string of the molecule is O=[N+]([O-])c1cc(C(O)C(O)CO)ccc1NCCO. The van der Waals surface area contributed by atoms with Crippen LogP contribution < -0.4 is 5.32 Å². The summed E-state index contributed by atoms with van der Waals surface area (Å²) >= 11 is 0. The van der Waals surface area contributed by atoms with Gasteiger partial charge in [-0.05, 0) is 11.6 Å². The van der Waals surface area contributed by atoms with Crippen molar-refractivity contribution < 1.29 is 25.3 Å². The Morgan fingerprint density at radius 1 is 1.32 bits per heavy atom. The molecule has 0 amide bonds. The van der Waals surface area contributed by atoms with Crippen molar-refractivity contribution in [2.24, 2.45) is 0 Å². The minimum absolute atomic E-state index is 0.128. The zero-order valence-electron chi connectivity index (χ0n) is 10.1. The Balaban J connectivity index is 3.05. The number of benzene rings is 1. The Labute approximate surface area is 109 Å². The molecule has 106 valence electrons. The van der Waals surface area contributed by atoms with Gasteiger partial charge < -0.3 is 25.7 Å². The summed E-state index contributed by atoms with van der Waals surface area (Å²) in [6, 6.07) is 3.88. The first kappa shape index (κ1) is 15.3. The molecule has 0 aliphatic carbocycles. The maximum atomic E-state index is 10.9. The van der Waals surface area contributed by atoms with E-state index < -0.39 is 23.7 Å². The number of nitro benzene ring substituents is 1. The molecule has 0 bridgehead atoms. The third-order valence-electron chi connectivity index (χ3n) is 2.54. The van der Waals surface area contributed by atoms with Gasteiger partial charge in [0.1, 0.15) is 17.9 Å². The molecule has 8 nitrogen and oxygen atoms in total. The van der Waals surface area contributed by atoms with Crippen LogP contribution in [0.5, 0.6) is 0 Å². The van der Waals surface area contributed by atoms with Gasteiger partial charge in [0.15, 0.2) is 0 Å². The smallest absolute Gasteiger partial charge is 0.292 e. The fraction of sp³-hybridized carbons (Fsp3) is 0.455. The van der Waals surface area contributed by atoms with Crippen LogP contribution in [-0.2, 0) is 0 Å². The number of aliphatic hydroxyl groups is 4. The number of nitrogens with zero attached hydrogens (tertiary/aromatic N) is 1. The van der Waals surface area contributed by atoms with Crippen molar-refractivity contribution in [2.45, 2.75) is 12.2 Å². The highest BCUT2D eigenvalue weighted by Gasteiger charge is 2.22. The van der Waals surface area contributed by atoms with E-state index in [0.717, 1.165) is 6.07 Å². The summed E-state index contributed by atoms with van der Waals surface area (Å²) in [5, 5.41) is 50.0. The Hall–Kier alpha value is -1.74. The standard InChI is InChI=1S/C11H16N2O6/c14-4-3-12-8-2-1-7(5-9(8)13(18)19)11(17)10(16)6-15/h1-2,5,10-12,14-17H,3-4,6H2. The van der Waals surface area contributed by atoms with Crippen LogP contribution in [-0.4, -0.2) is 51.2 Å². The largest absolute Gasteiger partial charge is 0.395 e. The lowest BCUT2D eigenvalue weighted by molar-refractivity contribution is -0.384. The minimum atomic E-state index is -1.41. The maximum absolute atomic E-state index is 10.9. The third-order valence-corrected chi connectivity index (χ3v) is 2.54. The maximum Gasteiger partial charge on any atom is 0.292 e. The molecule has 2 atom stereocenters. The van der Waals surface area contributed by atoms with Gasteiger partial charge in [-0.3, -0.25) is 10.1 Å². The first-order chi connectivity index (χ1) is 9.01. The average Bonchev–Trinajstić information content (AvgIpc) is 2.43. The number of nitro groups is 1. The van der Waals surface area contributed by atoms with Crippen molar-refractivity contribution in [2.75, 3.05) is 25.1 Å². The Bertz CT molecular complexity index is 439. The van der Waals surface area contributed by atoms with Crippen molar-refractivity contribution in [3.8, 4) is 0 Å². The summed E-state index contributed by atoms with van der Waals surface area (Å²) in [5.74, 6) is 0. The zero-order valence-corrected chi connectivity index (χ0v) is 10.1. The molecule has 1 aromatic carbocycles. The Morgan fingerprint density at radius 2 is 2.00 bits per heavy atom. The van der Waals surface area contributed by atoms with E-state index in [4.69, 9.17) is 10.2 Å². The predicted molar refractivity (Wildman–Crippen MR) is 66.7 cm³/mol. The molecule has 0 aliphatic heterocycles. The van der Waals surface area contributed by atoms with Crippen molar-refractivity contribution in [1.82, 2.24) is 0 Å². The lowest BCUT2D eigenvalue weighted by atomic mass is 10.0. The normalized spacial score (nSPS) is 13.9. The number of nitrogens with one attached hydrogen (secondary N) is 1. The fourth-order valence-corrected chi connectivity index (χ4v) is 1.55. The van der Waals surface area contributed by atoms with Gasteiger partial charge in [0, 0.05) is 12.6 Å². The lowest BCUT2D eigenvalue weighted by Crippen LogP contribution is -2.22. The van der Waals surface area contributed by atoms with Crippen molar-refractivity contribution in [1.29, 1.82) is 0 Å². The molecule has 0 aliphatic rings. The molecular formula is C11H16N2O6. The molecule has 0 aromatic heterocycles. The second-order valence-electron chi connectivity index (χ2n) is 3.88. The number of anilines is 1. The first-order valence-electron chi connectivity index (χ1n) is 5.61.